The van der Waals surface area contributed by atoms with Crippen molar-refractivity contribution in [3.8, 4) is 0 Å². The third kappa shape index (κ3) is 4.76. The molecule has 2 aromatic carbocycles. The molecule has 2 unspecified atom stereocenters. The van der Waals surface area contributed by atoms with Crippen LogP contribution in [0, 0.1) is 0 Å². The number of rotatable bonds is 5. The highest BCUT2D eigenvalue weighted by Gasteiger charge is 2.53. The van der Waals surface area contributed by atoms with Gasteiger partial charge in [-0.25, -0.2) is 29.6 Å². The number of hydrazine groups is 2. The number of hydrogen-bond acceptors (Lipinski definition) is 2. The molecule has 4 aliphatic rings. The predicted molar refractivity (Wildman–Crippen MR) is 137 cm³/mol. The van der Waals surface area contributed by atoms with Gasteiger partial charge in [0, 0.05) is 0 Å². The van der Waals surface area contributed by atoms with Crippen molar-refractivity contribution in [2.45, 2.75) is 57.2 Å². The molecular weight excluding hydrogens is 554 g/mol. The molecule has 3 aliphatic heterocycles. The summed E-state index contributed by atoms with van der Waals surface area (Å²) in [6.45, 7) is 4.87. The number of hydrogen-bond donors (Lipinski definition) is 0. The largest absolute Gasteiger partial charge is 0.416 e. The summed E-state index contributed by atoms with van der Waals surface area (Å²) < 4.78 is 82.9. The average Bonchev–Trinajstić information content (AvgIpc) is 2.87. The van der Waals surface area contributed by atoms with Crippen LogP contribution in [0.2, 0.25) is 19.6 Å². The van der Waals surface area contributed by atoms with Crippen LogP contribution in [0.1, 0.15) is 22.3 Å². The van der Waals surface area contributed by atoms with Crippen LogP contribution in [-0.4, -0.2) is 52.3 Å². The fourth-order valence-corrected chi connectivity index (χ4v) is 7.15. The number of amides is 4. The van der Waals surface area contributed by atoms with Crippen molar-refractivity contribution < 1.29 is 35.9 Å². The molecule has 0 saturated carbocycles. The van der Waals surface area contributed by atoms with Gasteiger partial charge in [-0.15, -0.1) is 0 Å². The van der Waals surface area contributed by atoms with Gasteiger partial charge >= 0.3 is 24.4 Å². The molecule has 1 aliphatic carbocycles. The monoisotopic (exact) mass is 580 g/mol. The molecule has 3 heterocycles. The number of carbonyl (C=O) groups excluding carboxylic acids is 2. The molecule has 13 heteroatoms. The third-order valence-electron chi connectivity index (χ3n) is 7.21. The Morgan fingerprint density at radius 2 is 1.15 bits per heavy atom. The Labute approximate surface area is 227 Å². The summed E-state index contributed by atoms with van der Waals surface area (Å²) >= 11 is 0. The van der Waals surface area contributed by atoms with Crippen molar-refractivity contribution in [2.75, 3.05) is 0 Å². The highest BCUT2D eigenvalue weighted by molar-refractivity contribution is 6.83. The van der Waals surface area contributed by atoms with E-state index >= 15 is 0 Å². The van der Waals surface area contributed by atoms with Gasteiger partial charge in [0.25, 0.3) is 0 Å². The van der Waals surface area contributed by atoms with Crippen molar-refractivity contribution in [3.63, 3.8) is 0 Å². The summed E-state index contributed by atoms with van der Waals surface area (Å²) in [5, 5.41) is 5.02. The van der Waals surface area contributed by atoms with E-state index in [0.29, 0.717) is 0 Å². The topological polar surface area (TPSA) is 47.1 Å². The molecular formula is C27H26F6N4O2Si. The molecule has 0 spiro atoms. The van der Waals surface area contributed by atoms with Crippen LogP contribution < -0.4 is 0 Å². The molecule has 40 heavy (non-hydrogen) atoms. The Bertz CT molecular complexity index is 1410. The van der Waals surface area contributed by atoms with Gasteiger partial charge in [0.2, 0.25) is 0 Å². The standard InChI is InChI=1S/C27H26F6N4O2Si/c1-40(2,3)23-14-19-12-13-22(23)37-25(39)35(16-18-9-5-7-11-21(18)27(31,32)33)34(24(38)36(19)37)15-17-8-4-6-10-20(17)26(28,29)30/h4-14,19,22H,15-16H2,1-3H3. The zero-order valence-electron chi connectivity index (χ0n) is 21.8. The fourth-order valence-electron chi connectivity index (χ4n) is 5.37. The molecule has 6 nitrogen and oxygen atoms in total. The summed E-state index contributed by atoms with van der Waals surface area (Å²) in [5.41, 5.74) is -2.60. The Morgan fingerprint density at radius 1 is 0.700 bits per heavy atom. The van der Waals surface area contributed by atoms with Crippen LogP contribution in [0.25, 0.3) is 0 Å². The van der Waals surface area contributed by atoms with Crippen molar-refractivity contribution in [2.24, 2.45) is 0 Å². The average molecular weight is 581 g/mol. The molecule has 1 saturated heterocycles. The maximum absolute atomic E-state index is 14.1. The maximum atomic E-state index is 14.1. The summed E-state index contributed by atoms with van der Waals surface area (Å²) in [6, 6.07) is 6.32. The molecule has 6 rings (SSSR count). The molecule has 2 aromatic rings. The van der Waals surface area contributed by atoms with Crippen molar-refractivity contribution in [1.82, 2.24) is 20.0 Å². The second-order valence-electron chi connectivity index (χ2n) is 10.9. The molecule has 0 radical (unpaired) electrons. The lowest BCUT2D eigenvalue weighted by Gasteiger charge is -2.57. The molecule has 4 amide bonds. The van der Waals surface area contributed by atoms with E-state index in [1.54, 1.807) is 12.2 Å². The predicted octanol–water partition coefficient (Wildman–Crippen LogP) is 6.84. The van der Waals surface area contributed by atoms with Gasteiger partial charge in [0.05, 0.1) is 44.4 Å². The smallest absolute Gasteiger partial charge is 0.244 e. The van der Waals surface area contributed by atoms with Crippen molar-refractivity contribution in [3.05, 3.63) is 94.2 Å². The Morgan fingerprint density at radius 3 is 1.60 bits per heavy atom. The lowest BCUT2D eigenvalue weighted by Crippen LogP contribution is -2.74. The first-order chi connectivity index (χ1) is 18.6. The number of urea groups is 2. The molecule has 2 bridgehead atoms. The minimum absolute atomic E-state index is 0.294. The van der Waals surface area contributed by atoms with E-state index < -0.39 is 68.8 Å². The van der Waals surface area contributed by atoms with E-state index in [-0.39, 0.29) is 11.1 Å². The zero-order chi connectivity index (χ0) is 29.2. The van der Waals surface area contributed by atoms with Crippen molar-refractivity contribution in [1.29, 1.82) is 0 Å². The van der Waals surface area contributed by atoms with E-state index in [0.717, 1.165) is 27.3 Å². The normalized spacial score (nSPS) is 21.3. The van der Waals surface area contributed by atoms with Crippen molar-refractivity contribution >= 4 is 20.1 Å². The number of benzene rings is 2. The highest BCUT2D eigenvalue weighted by atomic mass is 28.3. The van der Waals surface area contributed by atoms with E-state index in [1.807, 2.05) is 6.08 Å². The minimum atomic E-state index is -4.75. The number of halogens is 6. The van der Waals surface area contributed by atoms with E-state index in [4.69, 9.17) is 0 Å². The molecule has 1 fully saturated rings. The molecule has 212 valence electrons. The van der Waals surface area contributed by atoms with Crippen LogP contribution in [0.15, 0.2) is 72.0 Å². The van der Waals surface area contributed by atoms with E-state index in [1.165, 1.54) is 46.4 Å². The molecule has 0 N–H and O–H groups in total. The quantitative estimate of drug-likeness (QED) is 0.221. The second kappa shape index (κ2) is 9.42. The first-order valence-corrected chi connectivity index (χ1v) is 16.0. The summed E-state index contributed by atoms with van der Waals surface area (Å²) in [5.74, 6) is 0. The van der Waals surface area contributed by atoms with Gasteiger partial charge in [-0.05, 0) is 23.3 Å². The van der Waals surface area contributed by atoms with Crippen LogP contribution in [0.3, 0.4) is 0 Å². The van der Waals surface area contributed by atoms with Gasteiger partial charge < -0.3 is 0 Å². The van der Waals surface area contributed by atoms with Gasteiger partial charge in [-0.2, -0.15) is 26.3 Å². The van der Waals surface area contributed by atoms with Crippen LogP contribution in [0.4, 0.5) is 35.9 Å². The van der Waals surface area contributed by atoms with Gasteiger partial charge in [-0.1, -0.05) is 79.5 Å². The number of alkyl halides is 6. The van der Waals surface area contributed by atoms with Crippen LogP contribution in [-0.2, 0) is 25.4 Å². The van der Waals surface area contributed by atoms with Gasteiger partial charge in [0.15, 0.2) is 0 Å². The summed E-state index contributed by atoms with van der Waals surface area (Å²) in [4.78, 5) is 28.0. The molecule has 0 aromatic heterocycles. The SMILES string of the molecule is C[Si](C)(C)C1=CC2C=CC1N1C(=O)N(Cc3ccccc3C(F)(F)F)N(Cc3ccccc3C(F)(F)F)C(=O)N21. The second-order valence-corrected chi connectivity index (χ2v) is 15.9. The Balaban J connectivity index is 1.62. The highest BCUT2D eigenvalue weighted by Crippen LogP contribution is 2.41. The first-order valence-electron chi connectivity index (χ1n) is 12.5. The van der Waals surface area contributed by atoms with Crippen LogP contribution >= 0.6 is 0 Å². The van der Waals surface area contributed by atoms with E-state index in [9.17, 15) is 35.9 Å². The maximum Gasteiger partial charge on any atom is 0.416 e. The Hall–Kier alpha value is -3.74. The lowest BCUT2D eigenvalue weighted by molar-refractivity contribution is -0.141. The number of nitrogens with zero attached hydrogens (tertiary/aromatic N) is 4. The van der Waals surface area contributed by atoms with Gasteiger partial charge in [-0.3, -0.25) is 0 Å². The van der Waals surface area contributed by atoms with E-state index in [2.05, 4.69) is 19.6 Å². The zero-order valence-corrected chi connectivity index (χ0v) is 22.8. The first kappa shape index (κ1) is 27.8. The molecule has 2 atom stereocenters. The third-order valence-corrected chi connectivity index (χ3v) is 9.41. The Kier molecular flexibility index (Phi) is 6.55. The lowest BCUT2D eigenvalue weighted by atomic mass is 10.0. The number of carbonyl (C=O) groups is 2. The summed E-state index contributed by atoms with van der Waals surface area (Å²) in [6.07, 6.45) is -4.07. The fraction of sp³-hybridized carbons (Fsp3) is 0.333. The minimum Gasteiger partial charge on any atom is -0.244 e. The van der Waals surface area contributed by atoms with Gasteiger partial charge in [0.1, 0.15) is 0 Å². The van der Waals surface area contributed by atoms with Crippen LogP contribution in [0.5, 0.6) is 0 Å². The summed E-state index contributed by atoms with van der Waals surface area (Å²) in [7, 11) is -2.00.